The third-order valence-electron chi connectivity index (χ3n) is 6.46. The molecular formula is C28H36N4O4. The number of rotatable bonds is 11. The van der Waals surface area contributed by atoms with Crippen LogP contribution in [0.5, 0.6) is 11.5 Å². The lowest BCUT2D eigenvalue weighted by Crippen LogP contribution is -2.34. The first kappa shape index (κ1) is 25.7. The third-order valence-corrected chi connectivity index (χ3v) is 6.46. The van der Waals surface area contributed by atoms with E-state index in [2.05, 4.69) is 10.2 Å². The number of methoxy groups -OCH3 is 1. The van der Waals surface area contributed by atoms with Gasteiger partial charge in [0, 0.05) is 18.7 Å². The molecule has 1 amide bonds. The second-order valence-electron chi connectivity index (χ2n) is 9.19. The predicted molar refractivity (Wildman–Crippen MR) is 142 cm³/mol. The number of aromatic nitrogens is 2. The fourth-order valence-corrected chi connectivity index (χ4v) is 4.54. The Bertz CT molecular complexity index is 1230. The number of carbonyl (C=O) groups is 1. The van der Waals surface area contributed by atoms with Gasteiger partial charge in [-0.3, -0.25) is 14.2 Å². The average molecular weight is 493 g/mol. The highest BCUT2D eigenvalue weighted by molar-refractivity contribution is 5.83. The van der Waals surface area contributed by atoms with Crippen molar-refractivity contribution in [3.05, 3.63) is 52.8 Å². The Kier molecular flexibility index (Phi) is 8.95. The van der Waals surface area contributed by atoms with Crippen LogP contribution in [-0.4, -0.2) is 60.3 Å². The number of nitrogens with zero attached hydrogens (tertiary/aromatic N) is 3. The van der Waals surface area contributed by atoms with Gasteiger partial charge in [-0.15, -0.1) is 0 Å². The quantitative estimate of drug-likeness (QED) is 0.409. The van der Waals surface area contributed by atoms with E-state index in [4.69, 9.17) is 14.5 Å². The normalized spacial score (nSPS) is 14.1. The molecule has 3 aromatic rings. The largest absolute Gasteiger partial charge is 0.497 e. The Balaban J connectivity index is 1.60. The molecule has 1 fully saturated rings. The summed E-state index contributed by atoms with van der Waals surface area (Å²) in [7, 11) is 1.59. The van der Waals surface area contributed by atoms with Gasteiger partial charge in [-0.1, -0.05) is 25.5 Å². The standard InChI is InChI=1S/C28H36N4O4/c1-3-13-29-26(33)20-32-27(21-9-7-10-22(18-21)35-2)30-25-12-11-23(19-24(25)28(32)34)36-17-8-16-31-14-5-4-6-15-31/h7,9-12,18-19H,3-6,8,13-17,20H2,1-2H3,(H,29,33). The fraction of sp³-hybridized carbons (Fsp3) is 0.464. The first-order valence-corrected chi connectivity index (χ1v) is 12.9. The molecule has 192 valence electrons. The molecule has 4 rings (SSSR count). The van der Waals surface area contributed by atoms with Crippen LogP contribution in [0.2, 0.25) is 0 Å². The molecule has 8 heteroatoms. The molecule has 1 saturated heterocycles. The van der Waals surface area contributed by atoms with Gasteiger partial charge in [-0.25, -0.2) is 4.98 Å². The van der Waals surface area contributed by atoms with E-state index in [0.29, 0.717) is 46.9 Å². The van der Waals surface area contributed by atoms with Gasteiger partial charge < -0.3 is 19.7 Å². The minimum atomic E-state index is -0.275. The van der Waals surface area contributed by atoms with Crippen LogP contribution in [0, 0.1) is 0 Å². The highest BCUT2D eigenvalue weighted by Crippen LogP contribution is 2.25. The average Bonchev–Trinajstić information content (AvgIpc) is 2.92. The van der Waals surface area contributed by atoms with E-state index in [0.717, 1.165) is 19.4 Å². The number of ether oxygens (including phenoxy) is 2. The zero-order valence-electron chi connectivity index (χ0n) is 21.3. The van der Waals surface area contributed by atoms with Crippen molar-refractivity contribution >= 4 is 16.8 Å². The number of carbonyl (C=O) groups excluding carboxylic acids is 1. The summed E-state index contributed by atoms with van der Waals surface area (Å²) in [6, 6.07) is 12.7. The van der Waals surface area contributed by atoms with E-state index < -0.39 is 0 Å². The lowest BCUT2D eigenvalue weighted by molar-refractivity contribution is -0.121. The molecule has 1 N–H and O–H groups in total. The van der Waals surface area contributed by atoms with Crippen molar-refractivity contribution in [2.24, 2.45) is 0 Å². The first-order chi connectivity index (χ1) is 17.6. The van der Waals surface area contributed by atoms with Crippen LogP contribution in [0.25, 0.3) is 22.3 Å². The van der Waals surface area contributed by atoms with Crippen LogP contribution >= 0.6 is 0 Å². The summed E-state index contributed by atoms with van der Waals surface area (Å²) in [5.74, 6) is 1.48. The van der Waals surface area contributed by atoms with Crippen LogP contribution in [0.15, 0.2) is 47.3 Å². The van der Waals surface area contributed by atoms with Gasteiger partial charge in [0.2, 0.25) is 5.91 Å². The molecule has 1 aliphatic rings. The highest BCUT2D eigenvalue weighted by Gasteiger charge is 2.17. The maximum absolute atomic E-state index is 13.6. The second kappa shape index (κ2) is 12.5. The van der Waals surface area contributed by atoms with Gasteiger partial charge in [0.15, 0.2) is 0 Å². The molecular weight excluding hydrogens is 456 g/mol. The Morgan fingerprint density at radius 2 is 1.92 bits per heavy atom. The minimum Gasteiger partial charge on any atom is -0.497 e. The molecule has 0 unspecified atom stereocenters. The Morgan fingerprint density at radius 3 is 2.69 bits per heavy atom. The van der Waals surface area contributed by atoms with E-state index in [1.807, 2.05) is 43.3 Å². The zero-order chi connectivity index (χ0) is 25.3. The van der Waals surface area contributed by atoms with E-state index in [1.54, 1.807) is 13.2 Å². The van der Waals surface area contributed by atoms with Crippen LogP contribution in [0.4, 0.5) is 0 Å². The number of fused-ring (bicyclic) bond motifs is 1. The Hall–Kier alpha value is -3.39. The molecule has 0 saturated carbocycles. The molecule has 0 bridgehead atoms. The third kappa shape index (κ3) is 6.43. The molecule has 36 heavy (non-hydrogen) atoms. The van der Waals surface area contributed by atoms with Gasteiger partial charge >= 0.3 is 0 Å². The minimum absolute atomic E-state index is 0.116. The van der Waals surface area contributed by atoms with E-state index in [9.17, 15) is 9.59 Å². The number of hydrogen-bond acceptors (Lipinski definition) is 6. The molecule has 0 radical (unpaired) electrons. The van der Waals surface area contributed by atoms with E-state index in [-0.39, 0.29) is 18.0 Å². The second-order valence-corrected chi connectivity index (χ2v) is 9.19. The monoisotopic (exact) mass is 492 g/mol. The number of benzene rings is 2. The van der Waals surface area contributed by atoms with Crippen molar-refractivity contribution < 1.29 is 14.3 Å². The van der Waals surface area contributed by atoms with Gasteiger partial charge in [-0.05, 0) is 69.1 Å². The van der Waals surface area contributed by atoms with Crippen molar-refractivity contribution in [2.45, 2.75) is 45.6 Å². The molecule has 1 aliphatic heterocycles. The predicted octanol–water partition coefficient (Wildman–Crippen LogP) is 3.85. The lowest BCUT2D eigenvalue weighted by Gasteiger charge is -2.26. The van der Waals surface area contributed by atoms with Crippen molar-refractivity contribution in [1.29, 1.82) is 0 Å². The van der Waals surface area contributed by atoms with Crippen LogP contribution in [0.3, 0.4) is 0 Å². The Morgan fingerprint density at radius 1 is 1.08 bits per heavy atom. The summed E-state index contributed by atoms with van der Waals surface area (Å²) in [6.45, 7) is 6.38. The van der Waals surface area contributed by atoms with Crippen molar-refractivity contribution in [1.82, 2.24) is 19.8 Å². The SMILES string of the molecule is CCCNC(=O)Cn1c(-c2cccc(OC)c2)nc2ccc(OCCCN3CCCCC3)cc2c1=O. The first-order valence-electron chi connectivity index (χ1n) is 12.9. The van der Waals surface area contributed by atoms with Crippen LogP contribution in [0.1, 0.15) is 39.0 Å². The maximum Gasteiger partial charge on any atom is 0.262 e. The number of hydrogen-bond donors (Lipinski definition) is 1. The fourth-order valence-electron chi connectivity index (χ4n) is 4.54. The van der Waals surface area contributed by atoms with Gasteiger partial charge in [0.25, 0.3) is 5.56 Å². The topological polar surface area (TPSA) is 85.7 Å². The van der Waals surface area contributed by atoms with Crippen molar-refractivity contribution in [3.8, 4) is 22.9 Å². The summed E-state index contributed by atoms with van der Waals surface area (Å²) in [5.41, 5.74) is 0.988. The lowest BCUT2D eigenvalue weighted by atomic mass is 10.1. The molecule has 2 aromatic carbocycles. The molecule has 0 atom stereocenters. The van der Waals surface area contributed by atoms with Gasteiger partial charge in [0.1, 0.15) is 23.9 Å². The number of amides is 1. The molecule has 1 aromatic heterocycles. The molecule has 0 spiro atoms. The molecule has 8 nitrogen and oxygen atoms in total. The summed E-state index contributed by atoms with van der Waals surface area (Å²) in [5, 5.41) is 3.28. The molecule has 0 aliphatic carbocycles. The smallest absolute Gasteiger partial charge is 0.262 e. The van der Waals surface area contributed by atoms with Gasteiger partial charge in [0.05, 0.1) is 24.6 Å². The number of nitrogens with one attached hydrogen (secondary N) is 1. The van der Waals surface area contributed by atoms with Crippen molar-refractivity contribution in [3.63, 3.8) is 0 Å². The Labute approximate surface area is 212 Å². The summed E-state index contributed by atoms with van der Waals surface area (Å²) in [6.07, 6.45) is 5.64. The summed E-state index contributed by atoms with van der Waals surface area (Å²) >= 11 is 0. The number of piperidine rings is 1. The number of likely N-dealkylation sites (tertiary alicyclic amines) is 1. The van der Waals surface area contributed by atoms with E-state index >= 15 is 0 Å². The van der Waals surface area contributed by atoms with Crippen molar-refractivity contribution in [2.75, 3.05) is 39.9 Å². The maximum atomic E-state index is 13.6. The zero-order valence-corrected chi connectivity index (χ0v) is 21.3. The summed E-state index contributed by atoms with van der Waals surface area (Å²) in [4.78, 5) is 33.5. The van der Waals surface area contributed by atoms with Crippen LogP contribution < -0.4 is 20.3 Å². The summed E-state index contributed by atoms with van der Waals surface area (Å²) < 4.78 is 12.8. The van der Waals surface area contributed by atoms with Crippen LogP contribution in [-0.2, 0) is 11.3 Å². The molecule has 2 heterocycles. The highest BCUT2D eigenvalue weighted by atomic mass is 16.5. The van der Waals surface area contributed by atoms with E-state index in [1.165, 1.54) is 36.9 Å². The van der Waals surface area contributed by atoms with Gasteiger partial charge in [-0.2, -0.15) is 0 Å².